The molecule has 1 aromatic carbocycles. The molecule has 2 atom stereocenters. The third-order valence-electron chi connectivity index (χ3n) is 6.84. The molecule has 0 radical (unpaired) electrons. The number of hydrogen-bond donors (Lipinski definition) is 0. The lowest BCUT2D eigenvalue weighted by atomic mass is 10.1. The summed E-state index contributed by atoms with van der Waals surface area (Å²) >= 11 is 0. The molecule has 0 saturated carbocycles. The second kappa shape index (κ2) is 11.4. The Bertz CT molecular complexity index is 660. The van der Waals surface area contributed by atoms with Crippen molar-refractivity contribution in [2.45, 2.75) is 109 Å². The van der Waals surface area contributed by atoms with Crippen molar-refractivity contribution >= 4 is 22.9 Å². The van der Waals surface area contributed by atoms with Crippen LogP contribution in [-0.2, 0) is 25.0 Å². The van der Waals surface area contributed by atoms with Crippen molar-refractivity contribution in [3.8, 4) is 0 Å². The zero-order valence-electron chi connectivity index (χ0n) is 21.6. The first-order chi connectivity index (χ1) is 14.1. The SMILES string of the molecule is CC(C)(C)[Si](C)(C)O[C@H](CC=O)C[C@@H](COCc1ccccc1)O[Si](C)(C)C(C)(C)C. The number of carbonyl (C=O) groups excluding carboxylic acids is 1. The summed E-state index contributed by atoms with van der Waals surface area (Å²) in [6, 6.07) is 10.2. The minimum Gasteiger partial charge on any atom is -0.413 e. The van der Waals surface area contributed by atoms with Gasteiger partial charge in [-0.3, -0.25) is 0 Å². The zero-order chi connectivity index (χ0) is 23.9. The van der Waals surface area contributed by atoms with Gasteiger partial charge < -0.3 is 18.4 Å². The molecular weight excluding hydrogens is 420 g/mol. The van der Waals surface area contributed by atoms with Gasteiger partial charge in [0.2, 0.25) is 0 Å². The van der Waals surface area contributed by atoms with Gasteiger partial charge in [0.25, 0.3) is 0 Å². The lowest BCUT2D eigenvalue weighted by molar-refractivity contribution is -0.109. The molecule has 0 aromatic heterocycles. The first-order valence-corrected chi connectivity index (χ1v) is 17.3. The van der Waals surface area contributed by atoms with Crippen LogP contribution in [0.15, 0.2) is 30.3 Å². The summed E-state index contributed by atoms with van der Waals surface area (Å²) in [7, 11) is -3.99. The molecule has 0 aliphatic heterocycles. The number of ether oxygens (including phenoxy) is 1. The van der Waals surface area contributed by atoms with Gasteiger partial charge in [-0.25, -0.2) is 0 Å². The fraction of sp³-hybridized carbons (Fsp3) is 0.720. The highest BCUT2D eigenvalue weighted by atomic mass is 28.4. The predicted molar refractivity (Wildman–Crippen MR) is 136 cm³/mol. The summed E-state index contributed by atoms with van der Waals surface area (Å²) < 4.78 is 19.5. The minimum absolute atomic E-state index is 0.0910. The highest BCUT2D eigenvalue weighted by Crippen LogP contribution is 2.40. The van der Waals surface area contributed by atoms with E-state index in [9.17, 15) is 4.79 Å². The molecule has 0 aliphatic rings. The van der Waals surface area contributed by atoms with Crippen LogP contribution >= 0.6 is 0 Å². The van der Waals surface area contributed by atoms with Crippen molar-refractivity contribution in [2.24, 2.45) is 0 Å². The highest BCUT2D eigenvalue weighted by Gasteiger charge is 2.42. The first-order valence-electron chi connectivity index (χ1n) is 11.5. The fourth-order valence-electron chi connectivity index (χ4n) is 2.81. The average molecular weight is 467 g/mol. The molecule has 0 unspecified atom stereocenters. The van der Waals surface area contributed by atoms with Crippen molar-refractivity contribution in [3.05, 3.63) is 35.9 Å². The van der Waals surface area contributed by atoms with Gasteiger partial charge in [0.15, 0.2) is 16.6 Å². The molecule has 1 aromatic rings. The van der Waals surface area contributed by atoms with E-state index >= 15 is 0 Å². The zero-order valence-corrected chi connectivity index (χ0v) is 23.6. The number of benzene rings is 1. The Labute approximate surface area is 193 Å². The van der Waals surface area contributed by atoms with Gasteiger partial charge in [0.05, 0.1) is 25.4 Å². The Morgan fingerprint density at radius 1 is 0.839 bits per heavy atom. The van der Waals surface area contributed by atoms with E-state index in [4.69, 9.17) is 13.6 Å². The molecule has 0 N–H and O–H groups in total. The molecule has 0 aliphatic carbocycles. The van der Waals surface area contributed by atoms with Gasteiger partial charge in [0, 0.05) is 6.42 Å². The second-order valence-electron chi connectivity index (χ2n) is 11.6. The molecule has 0 bridgehead atoms. The first kappa shape index (κ1) is 28.2. The molecular formula is C25H46O4Si2. The van der Waals surface area contributed by atoms with Gasteiger partial charge >= 0.3 is 0 Å². The smallest absolute Gasteiger partial charge is 0.192 e. The van der Waals surface area contributed by atoms with E-state index in [1.165, 1.54) is 0 Å². The van der Waals surface area contributed by atoms with E-state index in [2.05, 4.69) is 79.9 Å². The summed E-state index contributed by atoms with van der Waals surface area (Å²) in [6.07, 6.45) is 1.80. The van der Waals surface area contributed by atoms with E-state index in [0.29, 0.717) is 26.1 Å². The standard InChI is InChI=1S/C25H46O4Si2/c1-24(2,3)30(7,8)28-22(16-17-26)18-23(29-31(9,10)25(4,5)6)20-27-19-21-14-12-11-13-15-21/h11-15,17,22-23H,16,18-20H2,1-10H3/t22-,23+/m1/s1. The summed E-state index contributed by atoms with van der Waals surface area (Å²) in [5, 5.41) is 0.193. The van der Waals surface area contributed by atoms with Crippen molar-refractivity contribution in [3.63, 3.8) is 0 Å². The lowest BCUT2D eigenvalue weighted by Crippen LogP contribution is -2.48. The van der Waals surface area contributed by atoms with Crippen molar-refractivity contribution in [1.29, 1.82) is 0 Å². The number of carbonyl (C=O) groups is 1. The van der Waals surface area contributed by atoms with Crippen LogP contribution in [0.3, 0.4) is 0 Å². The van der Waals surface area contributed by atoms with Crippen LogP contribution in [-0.4, -0.2) is 41.7 Å². The van der Waals surface area contributed by atoms with Gasteiger partial charge in [0.1, 0.15) is 6.29 Å². The average Bonchev–Trinajstić information content (AvgIpc) is 2.60. The van der Waals surface area contributed by atoms with Crippen LogP contribution in [0.5, 0.6) is 0 Å². The van der Waals surface area contributed by atoms with E-state index in [0.717, 1.165) is 11.8 Å². The normalized spacial score (nSPS) is 15.5. The fourth-order valence-corrected chi connectivity index (χ4v) is 5.54. The van der Waals surface area contributed by atoms with Crippen LogP contribution in [0.2, 0.25) is 36.3 Å². The minimum atomic E-state index is -2.00. The molecule has 0 spiro atoms. The third-order valence-corrected chi connectivity index (χ3v) is 15.9. The highest BCUT2D eigenvalue weighted by molar-refractivity contribution is 6.74. The Morgan fingerprint density at radius 3 is 1.77 bits per heavy atom. The van der Waals surface area contributed by atoms with Gasteiger partial charge in [-0.05, 0) is 48.2 Å². The summed E-state index contributed by atoms with van der Waals surface area (Å²) in [5.74, 6) is 0. The second-order valence-corrected chi connectivity index (χ2v) is 21.2. The van der Waals surface area contributed by atoms with Gasteiger partial charge in [-0.1, -0.05) is 71.9 Å². The summed E-state index contributed by atoms with van der Waals surface area (Å²) in [5.41, 5.74) is 1.15. The number of hydrogen-bond acceptors (Lipinski definition) is 4. The maximum absolute atomic E-state index is 11.4. The predicted octanol–water partition coefficient (Wildman–Crippen LogP) is 6.96. The largest absolute Gasteiger partial charge is 0.413 e. The molecule has 1 rings (SSSR count). The number of rotatable bonds is 12. The monoisotopic (exact) mass is 466 g/mol. The van der Waals surface area contributed by atoms with Gasteiger partial charge in [-0.2, -0.15) is 0 Å². The molecule has 6 heteroatoms. The molecule has 0 amide bonds. The maximum Gasteiger partial charge on any atom is 0.192 e. The van der Waals surface area contributed by atoms with Crippen molar-refractivity contribution < 1.29 is 18.4 Å². The molecule has 0 fully saturated rings. The Morgan fingerprint density at radius 2 is 1.32 bits per heavy atom. The Hall–Kier alpha value is -0.796. The summed E-state index contributed by atoms with van der Waals surface area (Å²) in [6.45, 7) is 23.5. The Kier molecular flexibility index (Phi) is 10.4. The summed E-state index contributed by atoms with van der Waals surface area (Å²) in [4.78, 5) is 11.4. The molecule has 0 saturated heterocycles. The Balaban J connectivity index is 2.96. The van der Waals surface area contributed by atoms with Crippen LogP contribution in [0.25, 0.3) is 0 Å². The molecule has 178 valence electrons. The van der Waals surface area contributed by atoms with Crippen LogP contribution in [0, 0.1) is 0 Å². The van der Waals surface area contributed by atoms with E-state index in [1.807, 2.05) is 18.2 Å². The van der Waals surface area contributed by atoms with Crippen LogP contribution in [0.1, 0.15) is 59.9 Å². The van der Waals surface area contributed by atoms with Crippen LogP contribution in [0.4, 0.5) is 0 Å². The number of aldehydes is 1. The van der Waals surface area contributed by atoms with E-state index in [-0.39, 0.29) is 22.3 Å². The van der Waals surface area contributed by atoms with E-state index < -0.39 is 16.6 Å². The third kappa shape index (κ3) is 9.30. The topological polar surface area (TPSA) is 44.8 Å². The maximum atomic E-state index is 11.4. The molecule has 0 heterocycles. The quantitative estimate of drug-likeness (QED) is 0.247. The van der Waals surface area contributed by atoms with Crippen molar-refractivity contribution in [2.75, 3.05) is 6.61 Å². The van der Waals surface area contributed by atoms with Gasteiger partial charge in [-0.15, -0.1) is 0 Å². The molecule has 4 nitrogen and oxygen atoms in total. The van der Waals surface area contributed by atoms with Crippen LogP contribution < -0.4 is 0 Å². The van der Waals surface area contributed by atoms with E-state index in [1.54, 1.807) is 0 Å². The molecule has 31 heavy (non-hydrogen) atoms. The lowest BCUT2D eigenvalue weighted by Gasteiger charge is -2.42. The van der Waals surface area contributed by atoms with Crippen molar-refractivity contribution in [1.82, 2.24) is 0 Å².